The van der Waals surface area contributed by atoms with Crippen molar-refractivity contribution >= 4 is 17.4 Å². The van der Waals surface area contributed by atoms with Gasteiger partial charge in [-0.25, -0.2) is 4.39 Å². The maximum Gasteiger partial charge on any atom is 0.197 e. The number of aromatic nitrogens is 1. The molecule has 0 unspecified atom stereocenters. The van der Waals surface area contributed by atoms with Gasteiger partial charge in [0.2, 0.25) is 0 Å². The monoisotopic (exact) mass is 249 g/mol. The van der Waals surface area contributed by atoms with Crippen molar-refractivity contribution in [3.8, 4) is 0 Å². The Kier molecular flexibility index (Phi) is 3.20. The topological polar surface area (TPSA) is 30.0 Å². The summed E-state index contributed by atoms with van der Waals surface area (Å²) in [4.78, 5) is 15.7. The van der Waals surface area contributed by atoms with Gasteiger partial charge in [0.1, 0.15) is 0 Å². The minimum atomic E-state index is -0.643. The van der Waals surface area contributed by atoms with Crippen LogP contribution in [-0.4, -0.2) is 10.8 Å². The van der Waals surface area contributed by atoms with Crippen LogP contribution < -0.4 is 0 Å². The van der Waals surface area contributed by atoms with Gasteiger partial charge >= 0.3 is 0 Å². The molecule has 0 saturated carbocycles. The molecule has 2 nitrogen and oxygen atoms in total. The molecular formula is C13H9ClFNO. The van der Waals surface area contributed by atoms with Crippen LogP contribution in [0, 0.1) is 12.7 Å². The lowest BCUT2D eigenvalue weighted by molar-refractivity contribution is 0.103. The quantitative estimate of drug-likeness (QED) is 0.764. The number of ketones is 1. The van der Waals surface area contributed by atoms with Gasteiger partial charge in [-0.1, -0.05) is 23.7 Å². The fraction of sp³-hybridized carbons (Fsp3) is 0.0769. The number of benzene rings is 1. The van der Waals surface area contributed by atoms with Gasteiger partial charge in [-0.15, -0.1) is 0 Å². The molecule has 0 saturated heterocycles. The molecule has 2 aromatic rings. The molecular weight excluding hydrogens is 241 g/mol. The number of halogens is 2. The molecule has 2 rings (SSSR count). The van der Waals surface area contributed by atoms with Gasteiger partial charge in [0.15, 0.2) is 11.6 Å². The molecule has 0 spiro atoms. The van der Waals surface area contributed by atoms with E-state index in [1.165, 1.54) is 12.3 Å². The minimum absolute atomic E-state index is 0.0208. The summed E-state index contributed by atoms with van der Waals surface area (Å²) in [7, 11) is 0. The largest absolute Gasteiger partial charge is 0.288 e. The standard InChI is InChI=1S/C13H9ClFNO/c1-8-3-2-4-10(12(8)14)13(17)9-5-6-16-7-11(9)15/h2-7H,1H3. The van der Waals surface area contributed by atoms with Gasteiger partial charge in [-0.05, 0) is 24.6 Å². The number of nitrogens with zero attached hydrogens (tertiary/aromatic N) is 1. The van der Waals surface area contributed by atoms with Crippen molar-refractivity contribution < 1.29 is 9.18 Å². The Balaban J connectivity index is 2.52. The van der Waals surface area contributed by atoms with E-state index in [1.54, 1.807) is 25.1 Å². The van der Waals surface area contributed by atoms with Crippen molar-refractivity contribution in [2.75, 3.05) is 0 Å². The minimum Gasteiger partial charge on any atom is -0.288 e. The maximum atomic E-state index is 13.4. The van der Waals surface area contributed by atoms with Crippen LogP contribution in [0.3, 0.4) is 0 Å². The molecule has 17 heavy (non-hydrogen) atoms. The first kappa shape index (κ1) is 11.7. The fourth-order valence-corrected chi connectivity index (χ4v) is 1.74. The summed E-state index contributed by atoms with van der Waals surface area (Å²) in [6.45, 7) is 1.79. The summed E-state index contributed by atoms with van der Waals surface area (Å²) in [5.74, 6) is -1.08. The molecule has 0 aliphatic rings. The second-order valence-electron chi connectivity index (χ2n) is 3.62. The zero-order valence-electron chi connectivity index (χ0n) is 9.08. The maximum absolute atomic E-state index is 13.4. The molecule has 0 aliphatic heterocycles. The van der Waals surface area contributed by atoms with E-state index in [4.69, 9.17) is 11.6 Å². The van der Waals surface area contributed by atoms with Crippen molar-refractivity contribution in [1.29, 1.82) is 0 Å². The van der Waals surface area contributed by atoms with Gasteiger partial charge in [-0.2, -0.15) is 0 Å². The lowest BCUT2D eigenvalue weighted by atomic mass is 10.0. The van der Waals surface area contributed by atoms with Crippen LogP contribution in [0.15, 0.2) is 36.7 Å². The van der Waals surface area contributed by atoms with Crippen LogP contribution in [0.5, 0.6) is 0 Å². The molecule has 0 atom stereocenters. The highest BCUT2D eigenvalue weighted by atomic mass is 35.5. The number of pyridine rings is 1. The van der Waals surface area contributed by atoms with E-state index in [-0.39, 0.29) is 5.56 Å². The van der Waals surface area contributed by atoms with Gasteiger partial charge < -0.3 is 0 Å². The van der Waals surface area contributed by atoms with Crippen LogP contribution in [0.4, 0.5) is 4.39 Å². The molecule has 1 aromatic heterocycles. The molecule has 86 valence electrons. The van der Waals surface area contributed by atoms with Crippen molar-refractivity contribution in [3.05, 3.63) is 64.2 Å². The highest BCUT2D eigenvalue weighted by molar-refractivity contribution is 6.35. The summed E-state index contributed by atoms with van der Waals surface area (Å²) in [5, 5.41) is 0.355. The number of carbonyl (C=O) groups is 1. The van der Waals surface area contributed by atoms with Gasteiger partial charge in [0, 0.05) is 11.8 Å². The molecule has 4 heteroatoms. The van der Waals surface area contributed by atoms with E-state index in [1.807, 2.05) is 0 Å². The average Bonchev–Trinajstić information content (AvgIpc) is 2.32. The van der Waals surface area contributed by atoms with Crippen molar-refractivity contribution in [1.82, 2.24) is 4.98 Å². The Bertz CT molecular complexity index is 583. The Morgan fingerprint density at radius 3 is 2.76 bits per heavy atom. The summed E-state index contributed by atoms with van der Waals surface area (Å²) >= 11 is 6.03. The third-order valence-corrected chi connectivity index (χ3v) is 2.96. The Morgan fingerprint density at radius 1 is 1.29 bits per heavy atom. The third kappa shape index (κ3) is 2.19. The molecule has 0 aliphatic carbocycles. The molecule has 1 aromatic carbocycles. The lowest BCUT2D eigenvalue weighted by Crippen LogP contribution is -2.05. The van der Waals surface area contributed by atoms with E-state index >= 15 is 0 Å². The smallest absolute Gasteiger partial charge is 0.197 e. The number of rotatable bonds is 2. The summed E-state index contributed by atoms with van der Waals surface area (Å²) in [6, 6.07) is 6.43. The number of hydrogen-bond acceptors (Lipinski definition) is 2. The molecule has 0 N–H and O–H groups in total. The van der Waals surface area contributed by atoms with Crippen LogP contribution in [-0.2, 0) is 0 Å². The van der Waals surface area contributed by atoms with Gasteiger partial charge in [0.25, 0.3) is 0 Å². The molecule has 0 bridgehead atoms. The fourth-order valence-electron chi connectivity index (χ4n) is 1.53. The Labute approximate surface area is 103 Å². The first-order valence-electron chi connectivity index (χ1n) is 5.00. The Morgan fingerprint density at radius 2 is 2.06 bits per heavy atom. The van der Waals surface area contributed by atoms with E-state index in [0.717, 1.165) is 11.8 Å². The van der Waals surface area contributed by atoms with Crippen LogP contribution in [0.1, 0.15) is 21.5 Å². The Hall–Kier alpha value is -1.74. The lowest BCUT2D eigenvalue weighted by Gasteiger charge is -2.06. The average molecular weight is 250 g/mol. The predicted molar refractivity (Wildman–Crippen MR) is 63.8 cm³/mol. The normalized spacial score (nSPS) is 10.3. The van der Waals surface area contributed by atoms with Crippen molar-refractivity contribution in [2.24, 2.45) is 0 Å². The highest BCUT2D eigenvalue weighted by Gasteiger charge is 2.17. The third-order valence-electron chi connectivity index (χ3n) is 2.45. The van der Waals surface area contributed by atoms with E-state index in [0.29, 0.717) is 10.6 Å². The summed E-state index contributed by atoms with van der Waals surface area (Å²) in [6.07, 6.45) is 2.39. The molecule has 0 radical (unpaired) electrons. The summed E-state index contributed by atoms with van der Waals surface area (Å²) in [5.41, 5.74) is 1.07. The van der Waals surface area contributed by atoms with Crippen molar-refractivity contribution in [3.63, 3.8) is 0 Å². The second-order valence-corrected chi connectivity index (χ2v) is 4.00. The first-order valence-corrected chi connectivity index (χ1v) is 5.38. The number of carbonyl (C=O) groups excluding carboxylic acids is 1. The van der Waals surface area contributed by atoms with E-state index < -0.39 is 11.6 Å². The molecule has 0 amide bonds. The van der Waals surface area contributed by atoms with E-state index in [2.05, 4.69) is 4.98 Å². The number of hydrogen-bond donors (Lipinski definition) is 0. The first-order chi connectivity index (χ1) is 8.11. The van der Waals surface area contributed by atoms with E-state index in [9.17, 15) is 9.18 Å². The van der Waals surface area contributed by atoms with Crippen LogP contribution in [0.2, 0.25) is 5.02 Å². The highest BCUT2D eigenvalue weighted by Crippen LogP contribution is 2.23. The molecule has 1 heterocycles. The van der Waals surface area contributed by atoms with Crippen LogP contribution in [0.25, 0.3) is 0 Å². The van der Waals surface area contributed by atoms with Gasteiger partial charge in [-0.3, -0.25) is 9.78 Å². The van der Waals surface area contributed by atoms with Gasteiger partial charge in [0.05, 0.1) is 16.8 Å². The zero-order valence-corrected chi connectivity index (χ0v) is 9.83. The SMILES string of the molecule is Cc1cccc(C(=O)c2ccncc2F)c1Cl. The predicted octanol–water partition coefficient (Wildman–Crippen LogP) is 3.41. The summed E-state index contributed by atoms with van der Waals surface area (Å²) < 4.78 is 13.4. The van der Waals surface area contributed by atoms with Crippen molar-refractivity contribution in [2.45, 2.75) is 6.92 Å². The van der Waals surface area contributed by atoms with Crippen LogP contribution >= 0.6 is 11.6 Å². The zero-order chi connectivity index (χ0) is 12.4. The molecule has 0 fully saturated rings. The number of aryl methyl sites for hydroxylation is 1. The second kappa shape index (κ2) is 4.63.